The Bertz CT molecular complexity index is 978. The molecule has 0 N–H and O–H groups in total. The van der Waals surface area contributed by atoms with Crippen LogP contribution in [0, 0.1) is 5.21 Å². The summed E-state index contributed by atoms with van der Waals surface area (Å²) in [5.74, 6) is -0.541. The quantitative estimate of drug-likeness (QED) is 0.237. The third-order valence-electron chi connectivity index (χ3n) is 5.00. The van der Waals surface area contributed by atoms with Gasteiger partial charge >= 0.3 is 17.3 Å². The monoisotopic (exact) mass is 504 g/mol. The third-order valence-corrected chi connectivity index (χ3v) is 7.58. The van der Waals surface area contributed by atoms with Gasteiger partial charge in [-0.05, 0) is 42.6 Å². The van der Waals surface area contributed by atoms with E-state index < -0.39 is 28.6 Å². The number of carbonyl (C=O) groups is 1. The maximum absolute atomic E-state index is 13.6. The number of thioether (sulfide) groups is 1. The van der Waals surface area contributed by atoms with Gasteiger partial charge in [-0.3, -0.25) is 9.44 Å². The van der Waals surface area contributed by atoms with Crippen LogP contribution in [0.3, 0.4) is 0 Å². The molecule has 0 radical (unpaired) electrons. The van der Waals surface area contributed by atoms with Gasteiger partial charge in [0.15, 0.2) is 0 Å². The average Bonchev–Trinajstić information content (AvgIpc) is 3.27. The summed E-state index contributed by atoms with van der Waals surface area (Å²) in [6.07, 6.45) is -5.35. The van der Waals surface area contributed by atoms with Crippen LogP contribution in [-0.2, 0) is 21.1 Å². The zero-order valence-electron chi connectivity index (χ0n) is 19.0. The van der Waals surface area contributed by atoms with Crippen LogP contribution in [0.25, 0.3) is 0 Å². The van der Waals surface area contributed by atoms with Gasteiger partial charge in [0.1, 0.15) is 11.7 Å². The Kier molecular flexibility index (Phi) is 7.45. The number of aromatic nitrogens is 2. The van der Waals surface area contributed by atoms with E-state index in [1.165, 1.54) is 35.2 Å². The fourth-order valence-corrected chi connectivity index (χ4v) is 5.26. The van der Waals surface area contributed by atoms with Crippen molar-refractivity contribution in [2.45, 2.75) is 62.1 Å². The van der Waals surface area contributed by atoms with Crippen LogP contribution < -0.4 is 4.65 Å². The van der Waals surface area contributed by atoms with Crippen LogP contribution >= 0.6 is 23.1 Å². The highest BCUT2D eigenvalue weighted by Gasteiger charge is 2.45. The van der Waals surface area contributed by atoms with Gasteiger partial charge in [0, 0.05) is 15.6 Å². The van der Waals surface area contributed by atoms with Gasteiger partial charge in [0.05, 0.1) is 18.5 Å². The van der Waals surface area contributed by atoms with Crippen LogP contribution in [0.5, 0.6) is 0 Å². The summed E-state index contributed by atoms with van der Waals surface area (Å²) in [6, 6.07) is 4.78. The smallest absolute Gasteiger partial charge is 0.416 e. The first kappa shape index (κ1) is 25.9. The molecular formula is C21H27F3N4O3S2. The highest BCUT2D eigenvalue weighted by Crippen LogP contribution is 2.37. The van der Waals surface area contributed by atoms with Crippen LogP contribution in [-0.4, -0.2) is 52.8 Å². The standard InChI is InChI=1S/C21H27F3N4O3S2/c1-13(32-15-8-6-14(7-9-15)21(22,23)24)10-17(29)31-16-11-27(5)12-28(16,30)19-26-25-18(33-19)20(2,3)4/h6-9,13,16H,10-12H2,1-5H3. The van der Waals surface area contributed by atoms with E-state index in [-0.39, 0.29) is 35.4 Å². The van der Waals surface area contributed by atoms with Gasteiger partial charge in [0.2, 0.25) is 0 Å². The minimum absolute atomic E-state index is 0.00919. The minimum atomic E-state index is -4.39. The molecule has 1 aromatic heterocycles. The summed E-state index contributed by atoms with van der Waals surface area (Å²) in [7, 11) is 1.77. The van der Waals surface area contributed by atoms with E-state index in [0.29, 0.717) is 4.90 Å². The van der Waals surface area contributed by atoms with Crippen molar-refractivity contribution in [3.05, 3.63) is 40.0 Å². The average molecular weight is 505 g/mol. The lowest BCUT2D eigenvalue weighted by molar-refractivity contribution is -0.153. The Morgan fingerprint density at radius 2 is 1.94 bits per heavy atom. The molecule has 1 aliphatic heterocycles. The van der Waals surface area contributed by atoms with Crippen molar-refractivity contribution in [3.63, 3.8) is 0 Å². The molecule has 1 saturated heterocycles. The Hall–Kier alpha value is -1.73. The molecule has 3 rings (SSSR count). The van der Waals surface area contributed by atoms with Gasteiger partial charge < -0.3 is 9.94 Å². The van der Waals surface area contributed by atoms with E-state index >= 15 is 0 Å². The molecule has 3 unspecified atom stereocenters. The molecule has 0 aliphatic carbocycles. The number of nitrogens with zero attached hydrogens (tertiary/aromatic N) is 4. The molecular weight excluding hydrogens is 477 g/mol. The van der Waals surface area contributed by atoms with Gasteiger partial charge in [-0.1, -0.05) is 32.8 Å². The summed E-state index contributed by atoms with van der Waals surface area (Å²) >= 11 is 2.49. The Labute approximate surface area is 199 Å². The van der Waals surface area contributed by atoms with Gasteiger partial charge in [-0.15, -0.1) is 16.9 Å². The number of likely N-dealkylation sites (N-methyl/N-ethyl adjacent to an activating group) is 1. The number of rotatable bonds is 6. The van der Waals surface area contributed by atoms with E-state index in [0.717, 1.165) is 17.1 Å². The first-order valence-electron chi connectivity index (χ1n) is 10.3. The third kappa shape index (κ3) is 6.24. The van der Waals surface area contributed by atoms with Gasteiger partial charge in [0.25, 0.3) is 6.23 Å². The number of benzene rings is 1. The molecule has 12 heteroatoms. The zero-order chi connectivity index (χ0) is 24.6. The molecule has 3 atom stereocenters. The van der Waals surface area contributed by atoms with Crippen molar-refractivity contribution in [1.29, 1.82) is 0 Å². The van der Waals surface area contributed by atoms with E-state index in [4.69, 9.17) is 4.74 Å². The number of quaternary nitrogens is 1. The molecule has 2 aromatic rings. The SMILES string of the molecule is CC(CC(=O)OC1CN(C)C[N+]1([O-])c1nnc(C(C)(C)C)s1)Sc1ccc(C(F)(F)F)cc1. The molecule has 1 aromatic carbocycles. The lowest BCUT2D eigenvalue weighted by Gasteiger charge is -2.38. The molecule has 7 nitrogen and oxygen atoms in total. The van der Waals surface area contributed by atoms with Crippen LogP contribution in [0.4, 0.5) is 18.3 Å². The number of hydrogen-bond acceptors (Lipinski definition) is 8. The van der Waals surface area contributed by atoms with E-state index in [1.54, 1.807) is 18.9 Å². The van der Waals surface area contributed by atoms with Crippen molar-refractivity contribution in [2.24, 2.45) is 0 Å². The van der Waals surface area contributed by atoms with Crippen LogP contribution in [0.15, 0.2) is 29.2 Å². The van der Waals surface area contributed by atoms with E-state index in [2.05, 4.69) is 10.2 Å². The highest BCUT2D eigenvalue weighted by molar-refractivity contribution is 8.00. The molecule has 182 valence electrons. The normalized spacial score (nSPS) is 23.0. The molecule has 0 saturated carbocycles. The largest absolute Gasteiger partial charge is 0.622 e. The van der Waals surface area contributed by atoms with Crippen LogP contribution in [0.2, 0.25) is 0 Å². The van der Waals surface area contributed by atoms with Crippen molar-refractivity contribution < 1.29 is 22.7 Å². The molecule has 1 fully saturated rings. The van der Waals surface area contributed by atoms with Crippen LogP contribution in [0.1, 0.15) is 44.7 Å². The molecule has 1 aliphatic rings. The molecule has 2 heterocycles. The molecule has 0 spiro atoms. The maximum Gasteiger partial charge on any atom is 0.416 e. The Morgan fingerprint density at radius 3 is 2.48 bits per heavy atom. The van der Waals surface area contributed by atoms with Crippen molar-refractivity contribution >= 4 is 34.2 Å². The fraction of sp³-hybridized carbons (Fsp3) is 0.571. The summed E-state index contributed by atoms with van der Waals surface area (Å²) in [5.41, 5.74) is -0.974. The van der Waals surface area contributed by atoms with Crippen molar-refractivity contribution in [2.75, 3.05) is 20.3 Å². The predicted octanol–water partition coefficient (Wildman–Crippen LogP) is 5.00. The molecule has 0 amide bonds. The molecule has 0 bridgehead atoms. The lowest BCUT2D eigenvalue weighted by atomic mass is 9.98. The second-order valence-corrected chi connectivity index (χ2v) is 11.7. The summed E-state index contributed by atoms with van der Waals surface area (Å²) in [4.78, 5) is 15.0. The number of hydrogen-bond donors (Lipinski definition) is 0. The highest BCUT2D eigenvalue weighted by atomic mass is 32.2. The fourth-order valence-electron chi connectivity index (χ4n) is 3.31. The summed E-state index contributed by atoms with van der Waals surface area (Å²) < 4.78 is 42.8. The predicted molar refractivity (Wildman–Crippen MR) is 123 cm³/mol. The second kappa shape index (κ2) is 9.49. The summed E-state index contributed by atoms with van der Waals surface area (Å²) in [6.45, 7) is 8.08. The van der Waals surface area contributed by atoms with Crippen molar-refractivity contribution in [1.82, 2.24) is 19.7 Å². The number of alkyl halides is 3. The van der Waals surface area contributed by atoms with Crippen molar-refractivity contribution in [3.8, 4) is 0 Å². The van der Waals surface area contributed by atoms with E-state index in [1.807, 2.05) is 20.8 Å². The first-order chi connectivity index (χ1) is 15.2. The Balaban J connectivity index is 1.63. The number of halogens is 3. The summed E-state index contributed by atoms with van der Waals surface area (Å²) in [5, 5.41) is 22.6. The number of hydroxylamine groups is 2. The topological polar surface area (TPSA) is 78.4 Å². The second-order valence-electron chi connectivity index (χ2n) is 9.21. The number of carbonyl (C=O) groups excluding carboxylic acids is 1. The number of esters is 1. The van der Waals surface area contributed by atoms with Gasteiger partial charge in [-0.25, -0.2) is 4.90 Å². The lowest BCUT2D eigenvalue weighted by Crippen LogP contribution is -2.51. The first-order valence-corrected chi connectivity index (χ1v) is 12.0. The number of ether oxygens (including phenoxy) is 1. The maximum atomic E-state index is 13.6. The minimum Gasteiger partial charge on any atom is -0.622 e. The van der Waals surface area contributed by atoms with E-state index in [9.17, 15) is 23.2 Å². The molecule has 33 heavy (non-hydrogen) atoms. The zero-order valence-corrected chi connectivity index (χ0v) is 20.7. The Morgan fingerprint density at radius 1 is 1.30 bits per heavy atom. The van der Waals surface area contributed by atoms with Gasteiger partial charge in [-0.2, -0.15) is 13.2 Å².